The van der Waals surface area contributed by atoms with Gasteiger partial charge in [0.05, 0.1) is 19.4 Å². The summed E-state index contributed by atoms with van der Waals surface area (Å²) < 4.78 is 4.91. The molecule has 9 heteroatoms. The van der Waals surface area contributed by atoms with E-state index in [0.29, 0.717) is 6.42 Å². The molecule has 0 aliphatic carbocycles. The van der Waals surface area contributed by atoms with E-state index >= 15 is 0 Å². The Labute approximate surface area is 129 Å². The molecule has 7 N–H and O–H groups in total. The summed E-state index contributed by atoms with van der Waals surface area (Å²) in [6.07, 6.45) is 0.650. The van der Waals surface area contributed by atoms with Gasteiger partial charge < -0.3 is 31.9 Å². The van der Waals surface area contributed by atoms with Crippen LogP contribution in [0.4, 0.5) is 0 Å². The van der Waals surface area contributed by atoms with Gasteiger partial charge in [0, 0.05) is 0 Å². The van der Waals surface area contributed by atoms with Crippen LogP contribution in [0.25, 0.3) is 0 Å². The number of carboxylic acids is 1. The molecule has 0 spiro atoms. The fourth-order valence-corrected chi connectivity index (χ4v) is 1.69. The number of ether oxygens (including phenoxy) is 1. The predicted octanol–water partition coefficient (Wildman–Crippen LogP) is -1.63. The highest BCUT2D eigenvalue weighted by molar-refractivity contribution is 5.90. The zero-order valence-corrected chi connectivity index (χ0v) is 13.0. The highest BCUT2D eigenvalue weighted by atomic mass is 16.5. The first-order valence-corrected chi connectivity index (χ1v) is 7.11. The van der Waals surface area contributed by atoms with Crippen molar-refractivity contribution in [2.24, 2.45) is 17.4 Å². The lowest BCUT2D eigenvalue weighted by Gasteiger charge is -2.21. The van der Waals surface area contributed by atoms with Crippen molar-refractivity contribution in [3.63, 3.8) is 0 Å². The van der Waals surface area contributed by atoms with Crippen molar-refractivity contribution in [3.8, 4) is 0 Å². The quantitative estimate of drug-likeness (QED) is 0.226. The van der Waals surface area contributed by atoms with Gasteiger partial charge in [-0.3, -0.25) is 14.4 Å². The van der Waals surface area contributed by atoms with Crippen molar-refractivity contribution >= 4 is 17.8 Å². The van der Waals surface area contributed by atoms with Gasteiger partial charge in [-0.25, -0.2) is 0 Å². The summed E-state index contributed by atoms with van der Waals surface area (Å²) in [7, 11) is 0. The summed E-state index contributed by atoms with van der Waals surface area (Å²) in [6, 6.07) is -1.65. The van der Waals surface area contributed by atoms with Crippen LogP contribution in [-0.2, 0) is 19.1 Å². The van der Waals surface area contributed by atoms with E-state index in [1.54, 1.807) is 0 Å². The molecular weight excluding hydrogens is 292 g/mol. The third-order valence-electron chi connectivity index (χ3n) is 2.78. The lowest BCUT2D eigenvalue weighted by Crippen LogP contribution is -2.52. The molecule has 0 aromatic carbocycles. The van der Waals surface area contributed by atoms with Gasteiger partial charge in [0.2, 0.25) is 11.8 Å². The molecule has 128 valence electrons. The molecule has 0 aliphatic rings. The van der Waals surface area contributed by atoms with E-state index in [2.05, 4.69) is 10.6 Å². The van der Waals surface area contributed by atoms with E-state index < -0.39 is 36.4 Å². The summed E-state index contributed by atoms with van der Waals surface area (Å²) in [6.45, 7) is 3.56. The first kappa shape index (κ1) is 20.3. The number of rotatable bonds is 11. The van der Waals surface area contributed by atoms with Gasteiger partial charge in [0.1, 0.15) is 12.6 Å². The van der Waals surface area contributed by atoms with Crippen LogP contribution >= 0.6 is 0 Å². The molecule has 0 saturated heterocycles. The first-order chi connectivity index (χ1) is 10.3. The molecule has 0 aliphatic heterocycles. The van der Waals surface area contributed by atoms with Gasteiger partial charge in [0.15, 0.2) is 0 Å². The third-order valence-corrected chi connectivity index (χ3v) is 2.78. The van der Waals surface area contributed by atoms with Crippen LogP contribution < -0.4 is 22.1 Å². The summed E-state index contributed by atoms with van der Waals surface area (Å²) in [5.41, 5.74) is 10.9. The summed E-state index contributed by atoms with van der Waals surface area (Å²) in [4.78, 5) is 34.4. The highest BCUT2D eigenvalue weighted by Crippen LogP contribution is 2.05. The second-order valence-corrected chi connectivity index (χ2v) is 5.27. The van der Waals surface area contributed by atoms with Gasteiger partial charge >= 0.3 is 5.97 Å². The average Bonchev–Trinajstić information content (AvgIpc) is 2.43. The molecular formula is C13H26N4O5. The minimum absolute atomic E-state index is 0.0436. The Kier molecular flexibility index (Phi) is 10.1. The Hall–Kier alpha value is -1.71. The van der Waals surface area contributed by atoms with Crippen LogP contribution in [0.15, 0.2) is 0 Å². The van der Waals surface area contributed by atoms with Crippen molar-refractivity contribution in [1.29, 1.82) is 0 Å². The fourth-order valence-electron chi connectivity index (χ4n) is 1.69. The summed E-state index contributed by atoms with van der Waals surface area (Å²) in [5, 5.41) is 13.4. The normalized spacial score (nSPS) is 13.5. The molecule has 0 fully saturated rings. The maximum atomic E-state index is 12.0. The van der Waals surface area contributed by atoms with E-state index in [0.717, 1.165) is 0 Å². The van der Waals surface area contributed by atoms with Crippen molar-refractivity contribution in [2.75, 3.05) is 19.9 Å². The minimum atomic E-state index is -1.15. The number of nitrogens with one attached hydrogen (secondary N) is 2. The van der Waals surface area contributed by atoms with E-state index in [-0.39, 0.29) is 25.7 Å². The Morgan fingerprint density at radius 3 is 2.36 bits per heavy atom. The average molecular weight is 318 g/mol. The van der Waals surface area contributed by atoms with Gasteiger partial charge in [-0.1, -0.05) is 13.8 Å². The molecule has 2 amide bonds. The Morgan fingerprint density at radius 2 is 1.86 bits per heavy atom. The van der Waals surface area contributed by atoms with E-state index in [9.17, 15) is 14.4 Å². The summed E-state index contributed by atoms with van der Waals surface area (Å²) >= 11 is 0. The number of hydrogen-bond donors (Lipinski definition) is 5. The molecule has 0 unspecified atom stereocenters. The molecule has 0 aromatic heterocycles. The van der Waals surface area contributed by atoms with Crippen LogP contribution in [0.1, 0.15) is 26.7 Å². The number of nitrogens with two attached hydrogens (primary N) is 2. The van der Waals surface area contributed by atoms with Crippen molar-refractivity contribution < 1.29 is 24.2 Å². The van der Waals surface area contributed by atoms with Crippen LogP contribution in [0, 0.1) is 5.92 Å². The molecule has 0 radical (unpaired) electrons. The van der Waals surface area contributed by atoms with Gasteiger partial charge in [0.25, 0.3) is 0 Å². The first-order valence-electron chi connectivity index (χ1n) is 7.11. The Bertz CT molecular complexity index is 375. The lowest BCUT2D eigenvalue weighted by molar-refractivity contribution is -0.138. The SMILES string of the molecule is CC(C)C[C@H](NC(=O)[C@@H](N)CCOCN)C(=O)NCC(=O)O. The number of carboxylic acid groups (broad SMARTS) is 1. The second-order valence-electron chi connectivity index (χ2n) is 5.27. The zero-order chi connectivity index (χ0) is 17.1. The molecule has 22 heavy (non-hydrogen) atoms. The number of hydrogen-bond acceptors (Lipinski definition) is 6. The van der Waals surface area contributed by atoms with Gasteiger partial charge in [-0.05, 0) is 18.8 Å². The molecule has 0 rings (SSSR count). The van der Waals surface area contributed by atoms with E-state index in [4.69, 9.17) is 21.3 Å². The largest absolute Gasteiger partial charge is 0.480 e. The monoisotopic (exact) mass is 318 g/mol. The van der Waals surface area contributed by atoms with Crippen molar-refractivity contribution in [3.05, 3.63) is 0 Å². The molecule has 0 bridgehead atoms. The van der Waals surface area contributed by atoms with E-state index in [1.807, 2.05) is 13.8 Å². The van der Waals surface area contributed by atoms with E-state index in [1.165, 1.54) is 0 Å². The topological polar surface area (TPSA) is 157 Å². The maximum absolute atomic E-state index is 12.0. The maximum Gasteiger partial charge on any atom is 0.322 e. The summed E-state index contributed by atoms with van der Waals surface area (Å²) in [5.74, 6) is -2.05. The smallest absolute Gasteiger partial charge is 0.322 e. The molecule has 2 atom stereocenters. The predicted molar refractivity (Wildman–Crippen MR) is 79.6 cm³/mol. The van der Waals surface area contributed by atoms with Crippen molar-refractivity contribution in [2.45, 2.75) is 38.8 Å². The number of carbonyl (C=O) groups is 3. The van der Waals surface area contributed by atoms with Gasteiger partial charge in [-0.2, -0.15) is 0 Å². The standard InChI is InChI=1S/C13H26N4O5/c1-8(2)5-10(13(21)16-6-11(18)19)17-12(20)9(15)3-4-22-7-14/h8-10H,3-7,14-15H2,1-2H3,(H,16,21)(H,17,20)(H,18,19)/t9-,10-/m0/s1. The van der Waals surface area contributed by atoms with Crippen LogP contribution in [-0.4, -0.2) is 54.9 Å². The Morgan fingerprint density at radius 1 is 1.23 bits per heavy atom. The zero-order valence-electron chi connectivity index (χ0n) is 13.0. The Balaban J connectivity index is 4.52. The molecule has 0 saturated carbocycles. The van der Waals surface area contributed by atoms with Crippen LogP contribution in [0.3, 0.4) is 0 Å². The minimum Gasteiger partial charge on any atom is -0.480 e. The number of carbonyl (C=O) groups excluding carboxylic acids is 2. The number of amides is 2. The fraction of sp³-hybridized carbons (Fsp3) is 0.769. The molecule has 9 nitrogen and oxygen atoms in total. The van der Waals surface area contributed by atoms with Crippen LogP contribution in [0.5, 0.6) is 0 Å². The second kappa shape index (κ2) is 10.9. The molecule has 0 heterocycles. The van der Waals surface area contributed by atoms with Crippen molar-refractivity contribution in [1.82, 2.24) is 10.6 Å². The van der Waals surface area contributed by atoms with Crippen LogP contribution in [0.2, 0.25) is 0 Å². The lowest BCUT2D eigenvalue weighted by atomic mass is 10.0. The third kappa shape index (κ3) is 9.27. The number of aliphatic carboxylic acids is 1. The molecule has 0 aromatic rings. The highest BCUT2D eigenvalue weighted by Gasteiger charge is 2.24. The van der Waals surface area contributed by atoms with Gasteiger partial charge in [-0.15, -0.1) is 0 Å².